The van der Waals surface area contributed by atoms with Crippen LogP contribution >= 0.6 is 22.6 Å². The van der Waals surface area contributed by atoms with E-state index in [9.17, 15) is 8.78 Å². The molecule has 0 aliphatic heterocycles. The van der Waals surface area contributed by atoms with Crippen LogP contribution in [0.1, 0.15) is 17.6 Å². The largest absolute Gasteiger partial charge is 0.481 e. The molecule has 1 rings (SSSR count). The van der Waals surface area contributed by atoms with Gasteiger partial charge in [-0.15, -0.1) is 0 Å². The molecule has 0 amide bonds. The molecule has 0 saturated heterocycles. The number of rotatable bonds is 3. The molecule has 0 saturated carbocycles. The number of pyridine rings is 1. The van der Waals surface area contributed by atoms with Gasteiger partial charge in [-0.05, 0) is 28.7 Å². The van der Waals surface area contributed by atoms with Gasteiger partial charge in [0.15, 0.2) is 0 Å². The first kappa shape index (κ1) is 11.6. The van der Waals surface area contributed by atoms with E-state index in [4.69, 9.17) is 10.5 Å². The molecule has 0 spiro atoms. The Morgan fingerprint density at radius 2 is 2.29 bits per heavy atom. The average Bonchev–Trinajstić information content (AvgIpc) is 2.16. The topological polar surface area (TPSA) is 48.1 Å². The van der Waals surface area contributed by atoms with E-state index < -0.39 is 6.43 Å². The summed E-state index contributed by atoms with van der Waals surface area (Å²) in [6.07, 6.45) is -2.54. The van der Waals surface area contributed by atoms with Gasteiger partial charge in [-0.1, -0.05) is 0 Å². The number of nitrogens with zero attached hydrogens (tertiary/aromatic N) is 1. The number of hydrogen-bond donors (Lipinski definition) is 1. The smallest absolute Gasteiger partial charge is 0.266 e. The summed E-state index contributed by atoms with van der Waals surface area (Å²) < 4.78 is 30.1. The van der Waals surface area contributed by atoms with Gasteiger partial charge >= 0.3 is 0 Å². The van der Waals surface area contributed by atoms with Crippen LogP contribution in [0.4, 0.5) is 8.78 Å². The molecule has 0 aliphatic rings. The molecule has 0 bridgehead atoms. The molecule has 0 aromatic carbocycles. The Hall–Kier alpha value is -0.500. The first-order valence-corrected chi connectivity index (χ1v) is 4.89. The standard InChI is InChI=1S/C8H9F2IN2O/c1-14-8-4(3-12)2-5(6(9)10)7(11)13-8/h2,6H,3,12H2,1H3. The van der Waals surface area contributed by atoms with Crippen molar-refractivity contribution < 1.29 is 13.5 Å². The zero-order valence-corrected chi connectivity index (χ0v) is 9.59. The third-order valence-corrected chi connectivity index (χ3v) is 2.55. The van der Waals surface area contributed by atoms with Gasteiger partial charge in [-0.2, -0.15) is 0 Å². The molecular weight excluding hydrogens is 305 g/mol. The van der Waals surface area contributed by atoms with E-state index in [0.29, 0.717) is 11.4 Å². The fourth-order valence-corrected chi connectivity index (χ4v) is 1.62. The van der Waals surface area contributed by atoms with Crippen LogP contribution in [-0.2, 0) is 6.54 Å². The van der Waals surface area contributed by atoms with E-state index in [1.54, 1.807) is 22.6 Å². The highest BCUT2D eigenvalue weighted by atomic mass is 127. The summed E-state index contributed by atoms with van der Waals surface area (Å²) in [4.78, 5) is 3.89. The highest BCUT2D eigenvalue weighted by molar-refractivity contribution is 14.1. The molecule has 0 unspecified atom stereocenters. The summed E-state index contributed by atoms with van der Waals surface area (Å²) in [7, 11) is 1.43. The lowest BCUT2D eigenvalue weighted by molar-refractivity contribution is 0.149. The SMILES string of the molecule is COc1nc(I)c(C(F)F)cc1CN. The number of methoxy groups -OCH3 is 1. The van der Waals surface area contributed by atoms with Crippen molar-refractivity contribution in [1.29, 1.82) is 0 Å². The van der Waals surface area contributed by atoms with E-state index in [1.807, 2.05) is 0 Å². The van der Waals surface area contributed by atoms with Gasteiger partial charge in [0.25, 0.3) is 6.43 Å². The Balaban J connectivity index is 3.23. The molecule has 0 radical (unpaired) electrons. The minimum atomic E-state index is -2.54. The van der Waals surface area contributed by atoms with Gasteiger partial charge in [0.05, 0.1) is 12.7 Å². The van der Waals surface area contributed by atoms with Gasteiger partial charge in [-0.3, -0.25) is 0 Å². The number of hydrogen-bond acceptors (Lipinski definition) is 3. The van der Waals surface area contributed by atoms with Crippen molar-refractivity contribution in [3.05, 3.63) is 20.9 Å². The highest BCUT2D eigenvalue weighted by Gasteiger charge is 2.16. The minimum absolute atomic E-state index is 0.105. The number of halogens is 3. The van der Waals surface area contributed by atoms with Crippen molar-refractivity contribution in [3.63, 3.8) is 0 Å². The molecule has 0 fully saturated rings. The molecule has 1 aromatic heterocycles. The van der Waals surface area contributed by atoms with Crippen LogP contribution in [0.3, 0.4) is 0 Å². The quantitative estimate of drug-likeness (QED) is 0.686. The van der Waals surface area contributed by atoms with Crippen LogP contribution in [0, 0.1) is 3.70 Å². The number of alkyl halides is 2. The van der Waals surface area contributed by atoms with Crippen molar-refractivity contribution in [1.82, 2.24) is 4.98 Å². The fraction of sp³-hybridized carbons (Fsp3) is 0.375. The summed E-state index contributed by atoms with van der Waals surface area (Å²) in [5.74, 6) is 0.307. The summed E-state index contributed by atoms with van der Waals surface area (Å²) in [5.41, 5.74) is 5.76. The fourth-order valence-electron chi connectivity index (χ4n) is 1.01. The van der Waals surface area contributed by atoms with Crippen molar-refractivity contribution in [3.8, 4) is 5.88 Å². The average molecular weight is 314 g/mol. The second-order valence-electron chi connectivity index (χ2n) is 2.54. The lowest BCUT2D eigenvalue weighted by Gasteiger charge is -2.09. The Kier molecular flexibility index (Phi) is 3.99. The Bertz CT molecular complexity index is 333. The van der Waals surface area contributed by atoms with Crippen molar-refractivity contribution in [2.45, 2.75) is 13.0 Å². The maximum Gasteiger partial charge on any atom is 0.266 e. The second-order valence-corrected chi connectivity index (χ2v) is 3.56. The van der Waals surface area contributed by atoms with Crippen molar-refractivity contribution in [2.24, 2.45) is 5.73 Å². The first-order valence-electron chi connectivity index (χ1n) is 3.81. The molecule has 14 heavy (non-hydrogen) atoms. The van der Waals surface area contributed by atoms with Crippen LogP contribution in [0.15, 0.2) is 6.07 Å². The Morgan fingerprint density at radius 3 is 2.71 bits per heavy atom. The van der Waals surface area contributed by atoms with Gasteiger partial charge in [-0.25, -0.2) is 13.8 Å². The van der Waals surface area contributed by atoms with E-state index >= 15 is 0 Å². The molecule has 78 valence electrons. The summed E-state index contributed by atoms with van der Waals surface area (Å²) in [5, 5.41) is 0. The Labute approximate surface area is 93.8 Å². The maximum atomic E-state index is 12.5. The molecule has 0 atom stereocenters. The minimum Gasteiger partial charge on any atom is -0.481 e. The number of aromatic nitrogens is 1. The predicted molar refractivity (Wildman–Crippen MR) is 56.4 cm³/mol. The van der Waals surface area contributed by atoms with E-state index in [2.05, 4.69) is 4.98 Å². The van der Waals surface area contributed by atoms with Crippen molar-refractivity contribution in [2.75, 3.05) is 7.11 Å². The van der Waals surface area contributed by atoms with Crippen LogP contribution in [-0.4, -0.2) is 12.1 Å². The second kappa shape index (κ2) is 4.83. The van der Waals surface area contributed by atoms with Crippen LogP contribution in [0.5, 0.6) is 5.88 Å². The first-order chi connectivity index (χ1) is 6.60. The molecule has 0 aliphatic carbocycles. The van der Waals surface area contributed by atoms with E-state index in [1.165, 1.54) is 13.2 Å². The zero-order chi connectivity index (χ0) is 10.7. The molecule has 3 nitrogen and oxygen atoms in total. The molecule has 6 heteroatoms. The van der Waals surface area contributed by atoms with Crippen LogP contribution in [0.2, 0.25) is 0 Å². The molecule has 1 aromatic rings. The van der Waals surface area contributed by atoms with Gasteiger partial charge in [0, 0.05) is 12.1 Å². The zero-order valence-electron chi connectivity index (χ0n) is 7.43. The predicted octanol–water partition coefficient (Wildman–Crippen LogP) is 2.09. The summed E-state index contributed by atoms with van der Waals surface area (Å²) >= 11 is 1.75. The van der Waals surface area contributed by atoms with Gasteiger partial charge in [0.1, 0.15) is 3.70 Å². The van der Waals surface area contributed by atoms with Crippen molar-refractivity contribution >= 4 is 22.6 Å². The maximum absolute atomic E-state index is 12.5. The third kappa shape index (κ3) is 2.30. The van der Waals surface area contributed by atoms with Crippen LogP contribution < -0.4 is 10.5 Å². The van der Waals surface area contributed by atoms with Crippen LogP contribution in [0.25, 0.3) is 0 Å². The Morgan fingerprint density at radius 1 is 1.64 bits per heavy atom. The normalized spacial score (nSPS) is 10.7. The monoisotopic (exact) mass is 314 g/mol. The molecular formula is C8H9F2IN2O. The van der Waals surface area contributed by atoms with Gasteiger partial charge < -0.3 is 10.5 Å². The van der Waals surface area contributed by atoms with Gasteiger partial charge in [0.2, 0.25) is 5.88 Å². The summed E-state index contributed by atoms with van der Waals surface area (Å²) in [6, 6.07) is 1.33. The molecule has 1 heterocycles. The summed E-state index contributed by atoms with van der Waals surface area (Å²) in [6.45, 7) is 0.132. The highest BCUT2D eigenvalue weighted by Crippen LogP contribution is 2.27. The number of nitrogens with two attached hydrogens (primary N) is 1. The molecule has 2 N–H and O–H groups in total. The lowest BCUT2D eigenvalue weighted by Crippen LogP contribution is -2.05. The lowest BCUT2D eigenvalue weighted by atomic mass is 10.2. The third-order valence-electron chi connectivity index (χ3n) is 1.69. The van der Waals surface area contributed by atoms with E-state index in [0.717, 1.165) is 0 Å². The van der Waals surface area contributed by atoms with E-state index in [-0.39, 0.29) is 15.8 Å². The number of ether oxygens (including phenoxy) is 1.